The molecule has 0 aliphatic heterocycles. The van der Waals surface area contributed by atoms with Crippen LogP contribution in [0, 0.1) is 0 Å². The second-order valence-electron chi connectivity index (χ2n) is 5.30. The smallest absolute Gasteiger partial charge is 0.338 e. The predicted molar refractivity (Wildman–Crippen MR) is 93.1 cm³/mol. The van der Waals surface area contributed by atoms with Gasteiger partial charge in [-0.05, 0) is 31.5 Å². The van der Waals surface area contributed by atoms with Gasteiger partial charge in [0.2, 0.25) is 0 Å². The van der Waals surface area contributed by atoms with Crippen LogP contribution in [0.4, 0.5) is 0 Å². The molecule has 0 fully saturated rings. The molecule has 26 heavy (non-hydrogen) atoms. The normalized spacial score (nSPS) is 12.5. The van der Waals surface area contributed by atoms with Gasteiger partial charge in [-0.2, -0.15) is 0 Å². The Kier molecular flexibility index (Phi) is 8.00. The minimum absolute atomic E-state index is 0.0379. The monoisotopic (exact) mass is 388 g/mol. The fourth-order valence-electron chi connectivity index (χ4n) is 1.92. The summed E-state index contributed by atoms with van der Waals surface area (Å²) in [6.45, 7) is 3.80. The number of hydrogen-bond acceptors (Lipinski definition) is 7. The highest BCUT2D eigenvalue weighted by Gasteiger charge is 2.27. The maximum atomic E-state index is 12.5. The van der Waals surface area contributed by atoms with Crippen LogP contribution in [0.2, 0.25) is 0 Å². The third-order valence-electron chi connectivity index (χ3n) is 3.48. The van der Waals surface area contributed by atoms with Crippen LogP contribution in [0.5, 0.6) is 5.75 Å². The minimum atomic E-state index is -4.05. The van der Waals surface area contributed by atoms with Crippen molar-refractivity contribution in [1.82, 2.24) is 9.79 Å². The zero-order valence-electron chi connectivity index (χ0n) is 15.4. The van der Waals surface area contributed by atoms with Crippen LogP contribution in [0.25, 0.3) is 0 Å². The number of nitrogens with one attached hydrogen (secondary N) is 1. The highest BCUT2D eigenvalue weighted by molar-refractivity contribution is 7.89. The number of benzene rings is 1. The highest BCUT2D eigenvalue weighted by atomic mass is 32.2. The average molecular weight is 388 g/mol. The van der Waals surface area contributed by atoms with Crippen molar-refractivity contribution in [1.29, 1.82) is 0 Å². The standard InChI is InChI=1S/C16H24N2O7S/c1-6-9-17-15(19)11(2)25-16(20)12-7-8-13(23-4)14(10-12)26(21,22)18(3)24-5/h7-8,10-11H,6,9H2,1-5H3,(H,17,19)/t11-/m0/s1. The molecule has 0 unspecified atom stereocenters. The number of rotatable bonds is 9. The van der Waals surface area contributed by atoms with Crippen LogP contribution < -0.4 is 10.1 Å². The van der Waals surface area contributed by atoms with Crippen molar-refractivity contribution in [3.8, 4) is 5.75 Å². The van der Waals surface area contributed by atoms with E-state index in [4.69, 9.17) is 14.3 Å². The number of esters is 1. The first-order chi connectivity index (χ1) is 12.2. The van der Waals surface area contributed by atoms with E-state index < -0.39 is 28.0 Å². The van der Waals surface area contributed by atoms with Crippen LogP contribution in [-0.4, -0.2) is 58.7 Å². The van der Waals surface area contributed by atoms with Crippen molar-refractivity contribution in [2.75, 3.05) is 27.8 Å². The van der Waals surface area contributed by atoms with Gasteiger partial charge in [0.05, 0.1) is 19.8 Å². The van der Waals surface area contributed by atoms with Crippen molar-refractivity contribution >= 4 is 21.9 Å². The number of methoxy groups -OCH3 is 1. The number of carbonyl (C=O) groups is 2. The van der Waals surface area contributed by atoms with Crippen molar-refractivity contribution in [3.05, 3.63) is 23.8 Å². The molecule has 0 heterocycles. The zero-order valence-corrected chi connectivity index (χ0v) is 16.3. The Morgan fingerprint density at radius 1 is 1.27 bits per heavy atom. The van der Waals surface area contributed by atoms with Crippen molar-refractivity contribution < 1.29 is 32.3 Å². The number of carbonyl (C=O) groups excluding carboxylic acids is 2. The van der Waals surface area contributed by atoms with Crippen LogP contribution in [0.3, 0.4) is 0 Å². The zero-order chi connectivity index (χ0) is 19.9. The van der Waals surface area contributed by atoms with E-state index in [1.54, 1.807) is 0 Å². The highest BCUT2D eigenvalue weighted by Crippen LogP contribution is 2.27. The second kappa shape index (κ2) is 9.51. The van der Waals surface area contributed by atoms with Crippen LogP contribution >= 0.6 is 0 Å². The molecular formula is C16H24N2O7S. The van der Waals surface area contributed by atoms with Gasteiger partial charge in [-0.25, -0.2) is 13.2 Å². The Hall–Kier alpha value is -2.17. The Balaban J connectivity index is 3.10. The molecule has 1 aromatic carbocycles. The molecule has 1 N–H and O–H groups in total. The van der Waals surface area contributed by atoms with Gasteiger partial charge < -0.3 is 14.8 Å². The number of amides is 1. The van der Waals surface area contributed by atoms with E-state index >= 15 is 0 Å². The first-order valence-electron chi connectivity index (χ1n) is 7.88. The molecule has 1 atom stereocenters. The van der Waals surface area contributed by atoms with E-state index in [2.05, 4.69) is 5.32 Å². The number of nitrogens with zero attached hydrogens (tertiary/aromatic N) is 1. The minimum Gasteiger partial charge on any atom is -0.495 e. The van der Waals surface area contributed by atoms with Crippen molar-refractivity contribution in [2.24, 2.45) is 0 Å². The molecule has 0 radical (unpaired) electrons. The van der Waals surface area contributed by atoms with Gasteiger partial charge in [0.1, 0.15) is 10.6 Å². The third-order valence-corrected chi connectivity index (χ3v) is 5.18. The van der Waals surface area contributed by atoms with Crippen molar-refractivity contribution in [3.63, 3.8) is 0 Å². The summed E-state index contributed by atoms with van der Waals surface area (Å²) in [5.41, 5.74) is -0.0379. The topological polar surface area (TPSA) is 111 Å². The summed E-state index contributed by atoms with van der Waals surface area (Å²) < 4.78 is 35.7. The molecular weight excluding hydrogens is 364 g/mol. The number of ether oxygens (including phenoxy) is 2. The molecule has 0 aliphatic rings. The fourth-order valence-corrected chi connectivity index (χ4v) is 3.07. The summed E-state index contributed by atoms with van der Waals surface area (Å²) in [5, 5.41) is 2.61. The lowest BCUT2D eigenvalue weighted by Gasteiger charge is -2.17. The SMILES string of the molecule is CCCNC(=O)[C@H](C)OC(=O)c1ccc(OC)c(S(=O)(=O)N(C)OC)c1. The maximum Gasteiger partial charge on any atom is 0.338 e. The molecule has 0 spiro atoms. The Labute approximate surface area is 153 Å². The third kappa shape index (κ3) is 5.16. The summed E-state index contributed by atoms with van der Waals surface area (Å²) >= 11 is 0. The predicted octanol–water partition coefficient (Wildman–Crippen LogP) is 0.949. The van der Waals surface area contributed by atoms with E-state index in [-0.39, 0.29) is 16.2 Å². The summed E-state index contributed by atoms with van der Waals surface area (Å²) in [4.78, 5) is 28.5. The number of hydroxylamine groups is 1. The van der Waals surface area contributed by atoms with Crippen LogP contribution in [-0.2, 0) is 24.4 Å². The van der Waals surface area contributed by atoms with Gasteiger partial charge in [0.25, 0.3) is 15.9 Å². The van der Waals surface area contributed by atoms with E-state index in [0.717, 1.165) is 12.5 Å². The van der Waals surface area contributed by atoms with E-state index in [0.29, 0.717) is 11.0 Å². The molecule has 10 heteroatoms. The first kappa shape index (κ1) is 21.9. The summed E-state index contributed by atoms with van der Waals surface area (Å²) in [7, 11) is -0.339. The molecule has 9 nitrogen and oxygen atoms in total. The second-order valence-corrected chi connectivity index (χ2v) is 7.21. The first-order valence-corrected chi connectivity index (χ1v) is 9.32. The van der Waals surface area contributed by atoms with Gasteiger partial charge in [-0.3, -0.25) is 9.63 Å². The van der Waals surface area contributed by atoms with Crippen LogP contribution in [0.15, 0.2) is 23.1 Å². The fraction of sp³-hybridized carbons (Fsp3) is 0.500. The Bertz CT molecular complexity index is 749. The molecule has 1 rings (SSSR count). The lowest BCUT2D eigenvalue weighted by molar-refractivity contribution is -0.129. The summed E-state index contributed by atoms with van der Waals surface area (Å²) in [6.07, 6.45) is -0.267. The van der Waals surface area contributed by atoms with Gasteiger partial charge in [0.15, 0.2) is 6.10 Å². The van der Waals surface area contributed by atoms with Gasteiger partial charge >= 0.3 is 5.97 Å². The molecule has 1 amide bonds. The summed E-state index contributed by atoms with van der Waals surface area (Å²) in [5.74, 6) is -1.22. The molecule has 0 aliphatic carbocycles. The molecule has 0 aromatic heterocycles. The van der Waals surface area contributed by atoms with Crippen molar-refractivity contribution in [2.45, 2.75) is 31.3 Å². The molecule has 1 aromatic rings. The Morgan fingerprint density at radius 2 is 1.92 bits per heavy atom. The molecule has 0 saturated heterocycles. The lowest BCUT2D eigenvalue weighted by atomic mass is 10.2. The van der Waals surface area contributed by atoms with Crippen LogP contribution in [0.1, 0.15) is 30.6 Å². The molecule has 146 valence electrons. The van der Waals surface area contributed by atoms with E-state index in [9.17, 15) is 18.0 Å². The van der Waals surface area contributed by atoms with Gasteiger partial charge in [-0.1, -0.05) is 11.4 Å². The van der Waals surface area contributed by atoms with E-state index in [1.165, 1.54) is 40.3 Å². The summed E-state index contributed by atoms with van der Waals surface area (Å²) in [6, 6.07) is 3.79. The van der Waals surface area contributed by atoms with Gasteiger partial charge in [-0.15, -0.1) is 0 Å². The average Bonchev–Trinajstić information content (AvgIpc) is 2.64. The molecule has 0 bridgehead atoms. The number of sulfonamides is 1. The van der Waals surface area contributed by atoms with Gasteiger partial charge in [0, 0.05) is 13.6 Å². The molecule has 0 saturated carbocycles. The number of hydrogen-bond donors (Lipinski definition) is 1. The van der Waals surface area contributed by atoms with E-state index in [1.807, 2.05) is 6.92 Å². The largest absolute Gasteiger partial charge is 0.495 e. The Morgan fingerprint density at radius 3 is 2.46 bits per heavy atom. The lowest BCUT2D eigenvalue weighted by Crippen LogP contribution is -2.36. The maximum absolute atomic E-state index is 12.5. The quantitative estimate of drug-likeness (QED) is 0.495.